The molecule has 1 aliphatic rings. The Morgan fingerprint density at radius 2 is 2.13 bits per heavy atom. The van der Waals surface area contributed by atoms with E-state index < -0.39 is 0 Å². The van der Waals surface area contributed by atoms with Gasteiger partial charge >= 0.3 is 0 Å². The summed E-state index contributed by atoms with van der Waals surface area (Å²) >= 11 is 0. The number of hydrogen-bond donors (Lipinski definition) is 1. The molecular formula is C12H25NO2. The lowest BCUT2D eigenvalue weighted by Crippen LogP contribution is -2.30. The van der Waals surface area contributed by atoms with Crippen LogP contribution in [0.1, 0.15) is 33.1 Å². The van der Waals surface area contributed by atoms with Gasteiger partial charge in [-0.15, -0.1) is 0 Å². The molecule has 1 rings (SSSR count). The van der Waals surface area contributed by atoms with Gasteiger partial charge in [0.25, 0.3) is 0 Å². The van der Waals surface area contributed by atoms with E-state index in [1.807, 2.05) is 13.8 Å². The Hall–Kier alpha value is -0.120. The smallest absolute Gasteiger partial charge is 0.0703 e. The van der Waals surface area contributed by atoms with Crippen molar-refractivity contribution in [2.45, 2.75) is 39.2 Å². The van der Waals surface area contributed by atoms with Crippen LogP contribution in [0, 0.1) is 5.92 Å². The van der Waals surface area contributed by atoms with Crippen molar-refractivity contribution in [2.24, 2.45) is 5.92 Å². The lowest BCUT2D eigenvalue weighted by atomic mass is 9.97. The topological polar surface area (TPSA) is 30.5 Å². The lowest BCUT2D eigenvalue weighted by molar-refractivity contribution is 0.0158. The van der Waals surface area contributed by atoms with E-state index in [1.54, 1.807) is 0 Å². The molecule has 0 saturated carbocycles. The maximum atomic E-state index is 5.53. The first-order chi connectivity index (χ1) is 7.29. The molecule has 1 atom stereocenters. The van der Waals surface area contributed by atoms with Crippen LogP contribution in [0.25, 0.3) is 0 Å². The second-order valence-corrected chi connectivity index (χ2v) is 4.53. The molecular weight excluding hydrogens is 190 g/mol. The molecule has 15 heavy (non-hydrogen) atoms. The number of nitrogens with one attached hydrogen (secondary N) is 1. The first-order valence-electron chi connectivity index (χ1n) is 6.19. The van der Waals surface area contributed by atoms with Crippen LogP contribution in [-0.4, -0.2) is 39.0 Å². The van der Waals surface area contributed by atoms with Crippen molar-refractivity contribution in [1.82, 2.24) is 5.32 Å². The fourth-order valence-electron chi connectivity index (χ4n) is 1.87. The fraction of sp³-hybridized carbons (Fsp3) is 1.00. The molecule has 0 spiro atoms. The Bertz CT molecular complexity index is 145. The van der Waals surface area contributed by atoms with Crippen LogP contribution in [-0.2, 0) is 9.47 Å². The number of piperidine rings is 1. The Kier molecular flexibility index (Phi) is 6.98. The zero-order valence-electron chi connectivity index (χ0n) is 10.1. The van der Waals surface area contributed by atoms with E-state index in [9.17, 15) is 0 Å². The maximum Gasteiger partial charge on any atom is 0.0703 e. The summed E-state index contributed by atoms with van der Waals surface area (Å²) in [6, 6.07) is 0. The SMILES string of the molecule is CC(C)OCCOCCC1CCCNC1. The molecule has 1 heterocycles. The maximum absolute atomic E-state index is 5.53. The van der Waals surface area contributed by atoms with E-state index >= 15 is 0 Å². The van der Waals surface area contributed by atoms with E-state index in [-0.39, 0.29) is 0 Å². The minimum Gasteiger partial charge on any atom is -0.379 e. The molecule has 0 aromatic heterocycles. The van der Waals surface area contributed by atoms with E-state index in [2.05, 4.69) is 5.32 Å². The van der Waals surface area contributed by atoms with Gasteiger partial charge in [-0.3, -0.25) is 0 Å². The lowest BCUT2D eigenvalue weighted by Gasteiger charge is -2.22. The fourth-order valence-corrected chi connectivity index (χ4v) is 1.87. The van der Waals surface area contributed by atoms with Gasteiger partial charge in [0, 0.05) is 6.61 Å². The third kappa shape index (κ3) is 6.88. The highest BCUT2D eigenvalue weighted by atomic mass is 16.5. The first-order valence-corrected chi connectivity index (χ1v) is 6.19. The molecule has 0 bridgehead atoms. The molecule has 0 aromatic rings. The van der Waals surface area contributed by atoms with Gasteiger partial charge in [0.05, 0.1) is 19.3 Å². The summed E-state index contributed by atoms with van der Waals surface area (Å²) in [6.45, 7) is 8.81. The van der Waals surface area contributed by atoms with Crippen LogP contribution >= 0.6 is 0 Å². The Balaban J connectivity index is 1.83. The van der Waals surface area contributed by atoms with Gasteiger partial charge in [-0.25, -0.2) is 0 Å². The van der Waals surface area contributed by atoms with Crippen molar-refractivity contribution < 1.29 is 9.47 Å². The highest BCUT2D eigenvalue weighted by Gasteiger charge is 2.11. The van der Waals surface area contributed by atoms with E-state index in [0.29, 0.717) is 6.10 Å². The second kappa shape index (κ2) is 8.08. The van der Waals surface area contributed by atoms with E-state index in [4.69, 9.17) is 9.47 Å². The van der Waals surface area contributed by atoms with Crippen LogP contribution < -0.4 is 5.32 Å². The summed E-state index contributed by atoms with van der Waals surface area (Å²) in [7, 11) is 0. The van der Waals surface area contributed by atoms with Crippen molar-refractivity contribution in [3.05, 3.63) is 0 Å². The van der Waals surface area contributed by atoms with Gasteiger partial charge < -0.3 is 14.8 Å². The number of ether oxygens (including phenoxy) is 2. The molecule has 0 aliphatic carbocycles. The van der Waals surface area contributed by atoms with Gasteiger partial charge in [-0.1, -0.05) is 0 Å². The van der Waals surface area contributed by atoms with Crippen molar-refractivity contribution in [3.8, 4) is 0 Å². The Morgan fingerprint density at radius 3 is 2.80 bits per heavy atom. The van der Waals surface area contributed by atoms with E-state index in [1.165, 1.54) is 32.4 Å². The number of hydrogen-bond acceptors (Lipinski definition) is 3. The van der Waals surface area contributed by atoms with Crippen molar-refractivity contribution in [1.29, 1.82) is 0 Å². The van der Waals surface area contributed by atoms with Gasteiger partial charge in [0.1, 0.15) is 0 Å². The summed E-state index contributed by atoms with van der Waals surface area (Å²) in [5, 5.41) is 3.42. The predicted octanol–water partition coefficient (Wildman–Crippen LogP) is 1.82. The summed E-state index contributed by atoms with van der Waals surface area (Å²) in [6.07, 6.45) is 4.19. The van der Waals surface area contributed by atoms with E-state index in [0.717, 1.165) is 25.7 Å². The Labute approximate surface area is 93.5 Å². The Morgan fingerprint density at radius 1 is 1.27 bits per heavy atom. The molecule has 0 radical (unpaired) electrons. The molecule has 1 fully saturated rings. The normalized spacial score (nSPS) is 22.2. The van der Waals surface area contributed by atoms with Crippen LogP contribution in [0.4, 0.5) is 0 Å². The summed E-state index contributed by atoms with van der Waals surface area (Å²) in [5.41, 5.74) is 0. The van der Waals surface area contributed by atoms with Gasteiger partial charge in [-0.05, 0) is 52.1 Å². The van der Waals surface area contributed by atoms with Crippen LogP contribution in [0.2, 0.25) is 0 Å². The highest BCUT2D eigenvalue weighted by Crippen LogP contribution is 2.13. The molecule has 3 heteroatoms. The van der Waals surface area contributed by atoms with Crippen molar-refractivity contribution in [2.75, 3.05) is 32.9 Å². The zero-order valence-corrected chi connectivity index (χ0v) is 10.1. The average molecular weight is 215 g/mol. The summed E-state index contributed by atoms with van der Waals surface area (Å²) < 4.78 is 10.9. The summed E-state index contributed by atoms with van der Waals surface area (Å²) in [5.74, 6) is 0.824. The molecule has 90 valence electrons. The third-order valence-electron chi connectivity index (χ3n) is 2.75. The molecule has 3 nitrogen and oxygen atoms in total. The quantitative estimate of drug-likeness (QED) is 0.657. The molecule has 1 N–H and O–H groups in total. The highest BCUT2D eigenvalue weighted by molar-refractivity contribution is 4.68. The van der Waals surface area contributed by atoms with Gasteiger partial charge in [0.2, 0.25) is 0 Å². The molecule has 1 saturated heterocycles. The molecule has 1 aliphatic heterocycles. The second-order valence-electron chi connectivity index (χ2n) is 4.53. The standard InChI is InChI=1S/C12H25NO2/c1-11(2)15-9-8-14-7-5-12-4-3-6-13-10-12/h11-13H,3-10H2,1-2H3. The minimum atomic E-state index is 0.316. The minimum absolute atomic E-state index is 0.316. The first kappa shape index (κ1) is 12.9. The number of rotatable bonds is 7. The van der Waals surface area contributed by atoms with Gasteiger partial charge in [-0.2, -0.15) is 0 Å². The van der Waals surface area contributed by atoms with Crippen LogP contribution in [0.5, 0.6) is 0 Å². The van der Waals surface area contributed by atoms with Gasteiger partial charge in [0.15, 0.2) is 0 Å². The van der Waals surface area contributed by atoms with Crippen LogP contribution in [0.15, 0.2) is 0 Å². The summed E-state index contributed by atoms with van der Waals surface area (Å²) in [4.78, 5) is 0. The molecule has 0 aromatic carbocycles. The van der Waals surface area contributed by atoms with Crippen molar-refractivity contribution >= 4 is 0 Å². The predicted molar refractivity (Wildman–Crippen MR) is 62.1 cm³/mol. The average Bonchev–Trinajstić information content (AvgIpc) is 2.24. The zero-order chi connectivity index (χ0) is 10.9. The largest absolute Gasteiger partial charge is 0.379 e. The molecule has 0 amide bonds. The van der Waals surface area contributed by atoms with Crippen molar-refractivity contribution in [3.63, 3.8) is 0 Å². The monoisotopic (exact) mass is 215 g/mol. The molecule has 1 unspecified atom stereocenters. The third-order valence-corrected chi connectivity index (χ3v) is 2.75. The van der Waals surface area contributed by atoms with Crippen LogP contribution in [0.3, 0.4) is 0 Å².